The highest BCUT2D eigenvalue weighted by Gasteiger charge is 2.12. The number of halogens is 1. The van der Waals surface area contributed by atoms with Gasteiger partial charge in [0.2, 0.25) is 0 Å². The maximum atomic E-state index is 13.7. The summed E-state index contributed by atoms with van der Waals surface area (Å²) in [6, 6.07) is 7.88. The smallest absolute Gasteiger partial charge is 0.340 e. The number of nitrogens with zero attached hydrogens (tertiary/aromatic N) is 1. The van der Waals surface area contributed by atoms with Crippen LogP contribution < -0.4 is 4.74 Å². The zero-order valence-corrected chi connectivity index (χ0v) is 11.2. The number of hydrogen-bond acceptors (Lipinski definition) is 4. The molecule has 0 amide bonds. The van der Waals surface area contributed by atoms with E-state index in [1.165, 1.54) is 19.2 Å². The average Bonchev–Trinajstić information content (AvgIpc) is 2.46. The molecular formula is C15H14FNO3. The number of ether oxygens (including phenoxy) is 2. The Labute approximate surface area is 116 Å². The van der Waals surface area contributed by atoms with Gasteiger partial charge >= 0.3 is 5.97 Å². The van der Waals surface area contributed by atoms with Gasteiger partial charge in [0.15, 0.2) is 0 Å². The second-order valence-electron chi connectivity index (χ2n) is 4.23. The summed E-state index contributed by atoms with van der Waals surface area (Å²) in [7, 11) is 1.21. The van der Waals surface area contributed by atoms with Crippen molar-refractivity contribution in [3.63, 3.8) is 0 Å². The molecule has 2 rings (SSSR count). The molecule has 0 atom stereocenters. The SMILES string of the molecule is COC(=O)c1ccc(COc2ccc(C)nc2)cc1F. The van der Waals surface area contributed by atoms with Crippen LogP contribution in [0.1, 0.15) is 21.6 Å². The minimum Gasteiger partial charge on any atom is -0.487 e. The molecule has 0 unspecified atom stereocenters. The van der Waals surface area contributed by atoms with Gasteiger partial charge in [0.05, 0.1) is 18.9 Å². The van der Waals surface area contributed by atoms with Crippen LogP contribution in [0.3, 0.4) is 0 Å². The van der Waals surface area contributed by atoms with Crippen LogP contribution in [-0.2, 0) is 11.3 Å². The number of esters is 1. The highest BCUT2D eigenvalue weighted by atomic mass is 19.1. The van der Waals surface area contributed by atoms with Crippen LogP contribution in [0.5, 0.6) is 5.75 Å². The van der Waals surface area contributed by atoms with Crippen molar-refractivity contribution >= 4 is 5.97 Å². The van der Waals surface area contributed by atoms with Crippen LogP contribution in [0.25, 0.3) is 0 Å². The summed E-state index contributed by atoms with van der Waals surface area (Å²) in [6.07, 6.45) is 1.61. The summed E-state index contributed by atoms with van der Waals surface area (Å²) >= 11 is 0. The number of pyridine rings is 1. The zero-order chi connectivity index (χ0) is 14.5. The number of carbonyl (C=O) groups is 1. The van der Waals surface area contributed by atoms with E-state index in [0.29, 0.717) is 11.3 Å². The third-order valence-electron chi connectivity index (χ3n) is 2.73. The molecule has 0 N–H and O–H groups in total. The molecule has 0 radical (unpaired) electrons. The van der Waals surface area contributed by atoms with E-state index in [4.69, 9.17) is 4.74 Å². The predicted octanol–water partition coefficient (Wildman–Crippen LogP) is 2.89. The van der Waals surface area contributed by atoms with Gasteiger partial charge in [-0.2, -0.15) is 0 Å². The molecule has 104 valence electrons. The first kappa shape index (κ1) is 14.0. The first-order chi connectivity index (χ1) is 9.60. The van der Waals surface area contributed by atoms with Crippen LogP contribution in [-0.4, -0.2) is 18.1 Å². The summed E-state index contributed by atoms with van der Waals surface area (Å²) in [5.74, 6) is -0.717. The number of methoxy groups -OCH3 is 1. The Balaban J connectivity index is 2.05. The Bertz CT molecular complexity index is 611. The van der Waals surface area contributed by atoms with Crippen molar-refractivity contribution in [2.45, 2.75) is 13.5 Å². The molecule has 0 aliphatic carbocycles. The lowest BCUT2D eigenvalue weighted by Gasteiger charge is -2.07. The maximum Gasteiger partial charge on any atom is 0.340 e. The largest absolute Gasteiger partial charge is 0.487 e. The van der Waals surface area contributed by atoms with Gasteiger partial charge in [0, 0.05) is 5.69 Å². The fourth-order valence-electron chi connectivity index (χ4n) is 1.63. The van der Waals surface area contributed by atoms with Crippen LogP contribution in [0.4, 0.5) is 4.39 Å². The average molecular weight is 275 g/mol. The van der Waals surface area contributed by atoms with Gasteiger partial charge in [-0.05, 0) is 36.8 Å². The number of aryl methyl sites for hydroxylation is 1. The van der Waals surface area contributed by atoms with Crippen molar-refractivity contribution in [1.82, 2.24) is 4.98 Å². The second kappa shape index (κ2) is 6.14. The van der Waals surface area contributed by atoms with Crippen molar-refractivity contribution in [1.29, 1.82) is 0 Å². The molecule has 0 aliphatic rings. The molecule has 1 aromatic heterocycles. The third kappa shape index (κ3) is 3.32. The Kier molecular flexibility index (Phi) is 4.30. The molecule has 4 nitrogen and oxygen atoms in total. The lowest BCUT2D eigenvalue weighted by molar-refractivity contribution is 0.0595. The molecule has 0 fully saturated rings. The van der Waals surface area contributed by atoms with E-state index in [1.807, 2.05) is 13.0 Å². The lowest BCUT2D eigenvalue weighted by atomic mass is 10.1. The monoisotopic (exact) mass is 275 g/mol. The van der Waals surface area contributed by atoms with Gasteiger partial charge in [-0.25, -0.2) is 9.18 Å². The van der Waals surface area contributed by atoms with Crippen LogP contribution in [0.2, 0.25) is 0 Å². The van der Waals surface area contributed by atoms with E-state index >= 15 is 0 Å². The van der Waals surface area contributed by atoms with Crippen molar-refractivity contribution in [3.8, 4) is 5.75 Å². The number of carbonyl (C=O) groups excluding carboxylic acids is 1. The van der Waals surface area contributed by atoms with Crippen molar-refractivity contribution in [2.75, 3.05) is 7.11 Å². The van der Waals surface area contributed by atoms with Gasteiger partial charge in [-0.1, -0.05) is 6.07 Å². The predicted molar refractivity (Wildman–Crippen MR) is 71.0 cm³/mol. The van der Waals surface area contributed by atoms with Crippen LogP contribution in [0.15, 0.2) is 36.5 Å². The second-order valence-corrected chi connectivity index (χ2v) is 4.23. The Morgan fingerprint density at radius 2 is 2.10 bits per heavy atom. The van der Waals surface area contributed by atoms with E-state index in [1.54, 1.807) is 18.3 Å². The molecule has 5 heteroatoms. The summed E-state index contributed by atoms with van der Waals surface area (Å²) in [4.78, 5) is 15.4. The Morgan fingerprint density at radius 3 is 2.70 bits per heavy atom. The summed E-state index contributed by atoms with van der Waals surface area (Å²) in [5.41, 5.74) is 1.43. The lowest BCUT2D eigenvalue weighted by Crippen LogP contribution is -2.05. The normalized spacial score (nSPS) is 10.2. The van der Waals surface area contributed by atoms with E-state index in [2.05, 4.69) is 9.72 Å². The molecule has 1 aromatic carbocycles. The standard InChI is InChI=1S/C15H14FNO3/c1-10-3-5-12(8-17-10)20-9-11-4-6-13(14(16)7-11)15(18)19-2/h3-8H,9H2,1-2H3. The minimum atomic E-state index is -0.697. The Morgan fingerprint density at radius 1 is 1.30 bits per heavy atom. The summed E-state index contributed by atoms with van der Waals surface area (Å²) in [6.45, 7) is 2.08. The zero-order valence-electron chi connectivity index (χ0n) is 11.2. The van der Waals surface area contributed by atoms with Gasteiger partial charge in [0.1, 0.15) is 18.2 Å². The summed E-state index contributed by atoms with van der Waals surface area (Å²) < 4.78 is 23.7. The van der Waals surface area contributed by atoms with E-state index < -0.39 is 11.8 Å². The highest BCUT2D eigenvalue weighted by molar-refractivity contribution is 5.89. The molecule has 1 heterocycles. The van der Waals surface area contributed by atoms with Gasteiger partial charge < -0.3 is 9.47 Å². The van der Waals surface area contributed by atoms with E-state index in [0.717, 1.165) is 5.69 Å². The molecular weight excluding hydrogens is 261 g/mol. The molecule has 0 bridgehead atoms. The van der Waals surface area contributed by atoms with Crippen molar-refractivity contribution < 1.29 is 18.7 Å². The van der Waals surface area contributed by atoms with E-state index in [9.17, 15) is 9.18 Å². The molecule has 0 saturated carbocycles. The number of benzene rings is 1. The molecule has 0 saturated heterocycles. The first-order valence-corrected chi connectivity index (χ1v) is 6.02. The molecule has 0 aliphatic heterocycles. The van der Waals surface area contributed by atoms with Crippen molar-refractivity contribution in [3.05, 3.63) is 59.2 Å². The fraction of sp³-hybridized carbons (Fsp3) is 0.200. The number of rotatable bonds is 4. The maximum absolute atomic E-state index is 13.7. The third-order valence-corrected chi connectivity index (χ3v) is 2.73. The van der Waals surface area contributed by atoms with Crippen LogP contribution >= 0.6 is 0 Å². The summed E-state index contributed by atoms with van der Waals surface area (Å²) in [5, 5.41) is 0. The van der Waals surface area contributed by atoms with Crippen LogP contribution in [0, 0.1) is 12.7 Å². The highest BCUT2D eigenvalue weighted by Crippen LogP contribution is 2.15. The van der Waals surface area contributed by atoms with Gasteiger partial charge in [0.25, 0.3) is 0 Å². The Hall–Kier alpha value is -2.43. The van der Waals surface area contributed by atoms with Crippen molar-refractivity contribution in [2.24, 2.45) is 0 Å². The molecule has 2 aromatic rings. The number of hydrogen-bond donors (Lipinski definition) is 0. The topological polar surface area (TPSA) is 48.4 Å². The molecule has 0 spiro atoms. The number of aromatic nitrogens is 1. The fourth-order valence-corrected chi connectivity index (χ4v) is 1.63. The van der Waals surface area contributed by atoms with Gasteiger partial charge in [-0.15, -0.1) is 0 Å². The molecule has 20 heavy (non-hydrogen) atoms. The van der Waals surface area contributed by atoms with E-state index in [-0.39, 0.29) is 12.2 Å². The van der Waals surface area contributed by atoms with Gasteiger partial charge in [-0.3, -0.25) is 4.98 Å². The quantitative estimate of drug-likeness (QED) is 0.805. The minimum absolute atomic E-state index is 0.0896. The first-order valence-electron chi connectivity index (χ1n) is 6.02.